The number of aryl methyl sites for hydroxylation is 2. The number of nitrogens with one attached hydrogen (secondary N) is 1. The van der Waals surface area contributed by atoms with Gasteiger partial charge in [0, 0.05) is 30.6 Å². The van der Waals surface area contributed by atoms with E-state index < -0.39 is 0 Å². The Bertz CT molecular complexity index is 846. The van der Waals surface area contributed by atoms with Crippen LogP contribution in [0.15, 0.2) is 48.8 Å². The lowest BCUT2D eigenvalue weighted by Gasteiger charge is -2.11. The van der Waals surface area contributed by atoms with Crippen LogP contribution < -0.4 is 11.1 Å². The van der Waals surface area contributed by atoms with Crippen molar-refractivity contribution in [3.63, 3.8) is 0 Å². The normalized spacial score (nSPS) is 10.6. The molecule has 0 fully saturated rings. The molecular formula is C20H23N5. The smallest absolute Gasteiger partial charge is 0.222 e. The van der Waals surface area contributed by atoms with Crippen LogP contribution in [-0.2, 0) is 6.42 Å². The second-order valence-electron chi connectivity index (χ2n) is 6.14. The molecular weight excluding hydrogens is 310 g/mol. The Morgan fingerprint density at radius 2 is 1.96 bits per heavy atom. The highest BCUT2D eigenvalue weighted by molar-refractivity contribution is 5.68. The number of benzene rings is 1. The van der Waals surface area contributed by atoms with Crippen molar-refractivity contribution in [2.75, 3.05) is 17.6 Å². The molecule has 1 aromatic carbocycles. The van der Waals surface area contributed by atoms with E-state index in [1.54, 1.807) is 6.20 Å². The number of nitrogen functional groups attached to an aromatic ring is 1. The highest BCUT2D eigenvalue weighted by Crippen LogP contribution is 2.26. The zero-order valence-electron chi connectivity index (χ0n) is 14.7. The summed E-state index contributed by atoms with van der Waals surface area (Å²) >= 11 is 0. The van der Waals surface area contributed by atoms with Crippen LogP contribution in [0.5, 0.6) is 0 Å². The van der Waals surface area contributed by atoms with Gasteiger partial charge in [0.05, 0.1) is 5.69 Å². The summed E-state index contributed by atoms with van der Waals surface area (Å²) in [6.45, 7) is 5.02. The minimum Gasteiger partial charge on any atom is -0.370 e. The summed E-state index contributed by atoms with van der Waals surface area (Å²) in [4.78, 5) is 12.8. The second-order valence-corrected chi connectivity index (χ2v) is 6.14. The summed E-state index contributed by atoms with van der Waals surface area (Å²) in [6, 6.07) is 12.2. The molecule has 0 amide bonds. The fourth-order valence-electron chi connectivity index (χ4n) is 2.78. The molecule has 25 heavy (non-hydrogen) atoms. The van der Waals surface area contributed by atoms with Crippen molar-refractivity contribution in [3.8, 4) is 11.3 Å². The molecule has 0 aliphatic carbocycles. The number of nitrogens with zero attached hydrogens (tertiary/aromatic N) is 3. The summed E-state index contributed by atoms with van der Waals surface area (Å²) in [5.74, 6) is 1.04. The van der Waals surface area contributed by atoms with E-state index in [-0.39, 0.29) is 5.95 Å². The van der Waals surface area contributed by atoms with Crippen LogP contribution in [0.25, 0.3) is 11.3 Å². The minimum absolute atomic E-state index is 0.285. The van der Waals surface area contributed by atoms with Crippen LogP contribution in [0, 0.1) is 13.8 Å². The van der Waals surface area contributed by atoms with Crippen molar-refractivity contribution in [2.45, 2.75) is 26.7 Å². The Kier molecular flexibility index (Phi) is 5.23. The van der Waals surface area contributed by atoms with Crippen molar-refractivity contribution in [1.29, 1.82) is 0 Å². The van der Waals surface area contributed by atoms with Crippen molar-refractivity contribution in [2.24, 2.45) is 0 Å². The molecule has 0 spiro atoms. The maximum absolute atomic E-state index is 5.91. The van der Waals surface area contributed by atoms with E-state index in [0.29, 0.717) is 0 Å². The second kappa shape index (κ2) is 7.75. The van der Waals surface area contributed by atoms with Gasteiger partial charge in [0.25, 0.3) is 0 Å². The number of hydrogen-bond donors (Lipinski definition) is 2. The fourth-order valence-corrected chi connectivity index (χ4v) is 2.78. The molecule has 0 atom stereocenters. The zero-order chi connectivity index (χ0) is 17.6. The van der Waals surface area contributed by atoms with Crippen molar-refractivity contribution in [3.05, 3.63) is 65.5 Å². The number of pyridine rings is 1. The zero-order valence-corrected chi connectivity index (χ0v) is 14.7. The lowest BCUT2D eigenvalue weighted by Crippen LogP contribution is -2.07. The summed E-state index contributed by atoms with van der Waals surface area (Å²) in [5, 5.41) is 3.35. The molecule has 3 rings (SSSR count). The first kappa shape index (κ1) is 16.9. The van der Waals surface area contributed by atoms with Gasteiger partial charge in [-0.05, 0) is 49.4 Å². The summed E-state index contributed by atoms with van der Waals surface area (Å²) in [6.07, 6.45) is 5.67. The number of aromatic nitrogens is 3. The third-order valence-corrected chi connectivity index (χ3v) is 4.30. The largest absolute Gasteiger partial charge is 0.370 e. The Morgan fingerprint density at radius 3 is 2.76 bits per heavy atom. The van der Waals surface area contributed by atoms with E-state index in [1.165, 1.54) is 16.7 Å². The van der Waals surface area contributed by atoms with Crippen molar-refractivity contribution < 1.29 is 0 Å². The third-order valence-electron chi connectivity index (χ3n) is 4.30. The van der Waals surface area contributed by atoms with Crippen LogP contribution >= 0.6 is 0 Å². The number of hydrogen-bond acceptors (Lipinski definition) is 5. The Hall–Kier alpha value is -2.95. The van der Waals surface area contributed by atoms with Crippen LogP contribution in [0.2, 0.25) is 0 Å². The van der Waals surface area contributed by atoms with E-state index >= 15 is 0 Å². The molecule has 0 saturated carbocycles. The van der Waals surface area contributed by atoms with Crippen LogP contribution in [0.3, 0.4) is 0 Å². The van der Waals surface area contributed by atoms with Gasteiger partial charge in [-0.15, -0.1) is 0 Å². The highest BCUT2D eigenvalue weighted by Gasteiger charge is 2.08. The molecule has 5 heteroatoms. The molecule has 128 valence electrons. The predicted molar refractivity (Wildman–Crippen MR) is 102 cm³/mol. The standard InChI is InChI=1S/C20H23N5/c1-14-6-3-9-17(15(14)2)18-12-19(25-20(21)24-18)23-11-5-8-16-7-4-10-22-13-16/h3-4,6-7,9-10,12-13H,5,8,11H2,1-2H3,(H3,21,23,24,25). The average Bonchev–Trinajstić information content (AvgIpc) is 2.61. The molecule has 0 aliphatic heterocycles. The monoisotopic (exact) mass is 333 g/mol. The maximum atomic E-state index is 5.91. The molecule has 0 aliphatic rings. The lowest BCUT2D eigenvalue weighted by molar-refractivity contribution is 0.854. The maximum Gasteiger partial charge on any atom is 0.222 e. The number of nitrogens with two attached hydrogens (primary N) is 1. The summed E-state index contributed by atoms with van der Waals surface area (Å²) in [5.41, 5.74) is 11.5. The van der Waals surface area contributed by atoms with Crippen LogP contribution in [-0.4, -0.2) is 21.5 Å². The SMILES string of the molecule is Cc1cccc(-c2cc(NCCCc3cccnc3)nc(N)n2)c1C. The fraction of sp³-hybridized carbons (Fsp3) is 0.250. The molecule has 2 aromatic heterocycles. The van der Waals surface area contributed by atoms with E-state index in [1.807, 2.05) is 24.4 Å². The van der Waals surface area contributed by atoms with Gasteiger partial charge in [-0.2, -0.15) is 4.98 Å². The number of anilines is 2. The Balaban J connectivity index is 1.68. The Labute approximate surface area is 148 Å². The van der Waals surface area contributed by atoms with Gasteiger partial charge < -0.3 is 11.1 Å². The van der Waals surface area contributed by atoms with Gasteiger partial charge in [-0.25, -0.2) is 4.98 Å². The average molecular weight is 333 g/mol. The minimum atomic E-state index is 0.285. The lowest BCUT2D eigenvalue weighted by atomic mass is 10.0. The van der Waals surface area contributed by atoms with Gasteiger partial charge in [0.1, 0.15) is 5.82 Å². The molecule has 5 nitrogen and oxygen atoms in total. The quantitative estimate of drug-likeness (QED) is 0.671. The van der Waals surface area contributed by atoms with Crippen LogP contribution in [0.1, 0.15) is 23.1 Å². The summed E-state index contributed by atoms with van der Waals surface area (Å²) in [7, 11) is 0. The third kappa shape index (κ3) is 4.32. The van der Waals surface area contributed by atoms with Gasteiger partial charge in [0.15, 0.2) is 0 Å². The first-order chi connectivity index (χ1) is 12.1. The van der Waals surface area contributed by atoms with E-state index in [2.05, 4.69) is 52.3 Å². The van der Waals surface area contributed by atoms with Crippen molar-refractivity contribution >= 4 is 11.8 Å². The van der Waals surface area contributed by atoms with Gasteiger partial charge in [0.2, 0.25) is 5.95 Å². The first-order valence-electron chi connectivity index (χ1n) is 8.47. The van der Waals surface area contributed by atoms with E-state index in [0.717, 1.165) is 36.5 Å². The molecule has 3 aromatic rings. The molecule has 0 bridgehead atoms. The van der Waals surface area contributed by atoms with E-state index in [9.17, 15) is 0 Å². The predicted octanol–water partition coefficient (Wildman–Crippen LogP) is 3.78. The molecule has 3 N–H and O–H groups in total. The summed E-state index contributed by atoms with van der Waals surface area (Å²) < 4.78 is 0. The van der Waals surface area contributed by atoms with Gasteiger partial charge >= 0.3 is 0 Å². The molecule has 0 radical (unpaired) electrons. The van der Waals surface area contributed by atoms with Crippen LogP contribution in [0.4, 0.5) is 11.8 Å². The molecule has 0 unspecified atom stereocenters. The van der Waals surface area contributed by atoms with Gasteiger partial charge in [-0.1, -0.05) is 24.3 Å². The highest BCUT2D eigenvalue weighted by atomic mass is 15.1. The number of rotatable bonds is 6. The van der Waals surface area contributed by atoms with Crippen molar-refractivity contribution in [1.82, 2.24) is 15.0 Å². The Morgan fingerprint density at radius 1 is 1.08 bits per heavy atom. The first-order valence-corrected chi connectivity index (χ1v) is 8.47. The van der Waals surface area contributed by atoms with E-state index in [4.69, 9.17) is 5.73 Å². The molecule has 2 heterocycles. The van der Waals surface area contributed by atoms with Gasteiger partial charge in [-0.3, -0.25) is 4.98 Å². The molecule has 0 saturated heterocycles. The topological polar surface area (TPSA) is 76.7 Å².